The minimum atomic E-state index is -0.808. The highest BCUT2D eigenvalue weighted by molar-refractivity contribution is 5.88. The second-order valence-corrected chi connectivity index (χ2v) is 6.00. The Morgan fingerprint density at radius 3 is 2.32 bits per heavy atom. The van der Waals surface area contributed by atoms with Crippen LogP contribution >= 0.6 is 0 Å². The summed E-state index contributed by atoms with van der Waals surface area (Å²) in [5.74, 6) is -1.44. The van der Waals surface area contributed by atoms with Crippen LogP contribution in [-0.4, -0.2) is 23.9 Å². The lowest BCUT2D eigenvalue weighted by atomic mass is 10.1. The lowest BCUT2D eigenvalue weighted by molar-refractivity contribution is -0.127. The summed E-state index contributed by atoms with van der Waals surface area (Å²) in [6.07, 6.45) is 9.39. The first-order valence-corrected chi connectivity index (χ1v) is 8.22. The third kappa shape index (κ3) is 8.26. The van der Waals surface area contributed by atoms with E-state index in [2.05, 4.69) is 30.5 Å². The summed E-state index contributed by atoms with van der Waals surface area (Å²) in [6, 6.07) is 4.13. The average molecular weight is 347 g/mol. The van der Waals surface area contributed by atoms with Crippen molar-refractivity contribution in [2.24, 2.45) is 11.5 Å². The highest BCUT2D eigenvalue weighted by atomic mass is 19.1. The number of carbonyl (C=O) groups is 2. The Hall–Kier alpha value is -2.47. The lowest BCUT2D eigenvalue weighted by Gasteiger charge is -2.15. The molecule has 0 radical (unpaired) electrons. The van der Waals surface area contributed by atoms with E-state index in [0.29, 0.717) is 0 Å². The summed E-state index contributed by atoms with van der Waals surface area (Å²) < 4.78 is 12.7. The summed E-state index contributed by atoms with van der Waals surface area (Å²) in [6.45, 7) is 3.61. The molecule has 0 aromatic heterocycles. The largest absolute Gasteiger partial charge is 0.368 e. The molecule has 136 valence electrons. The molecule has 2 amide bonds. The molecule has 0 spiro atoms. The molecule has 5 N–H and O–H groups in total. The van der Waals surface area contributed by atoms with Crippen molar-refractivity contribution in [3.8, 4) is 0 Å². The molecule has 0 bridgehead atoms. The fourth-order valence-corrected chi connectivity index (χ4v) is 2.10. The van der Waals surface area contributed by atoms with Gasteiger partial charge in [0.05, 0.1) is 6.04 Å². The molecule has 0 fully saturated rings. The van der Waals surface area contributed by atoms with E-state index in [9.17, 15) is 14.0 Å². The van der Waals surface area contributed by atoms with Crippen molar-refractivity contribution in [2.45, 2.75) is 45.2 Å². The molecular formula is C19H26FN3O2. The van der Waals surface area contributed by atoms with Crippen molar-refractivity contribution in [1.29, 1.82) is 0 Å². The second kappa shape index (κ2) is 10.4. The number of hydrogen-bond donors (Lipinski definition) is 3. The zero-order valence-corrected chi connectivity index (χ0v) is 14.7. The van der Waals surface area contributed by atoms with Crippen LogP contribution in [0.15, 0.2) is 48.1 Å². The number of amides is 2. The number of halogens is 1. The number of benzene rings is 1. The van der Waals surface area contributed by atoms with E-state index in [0.717, 1.165) is 5.56 Å². The first kappa shape index (κ1) is 20.6. The monoisotopic (exact) mass is 347 g/mol. The van der Waals surface area contributed by atoms with Gasteiger partial charge in [0.2, 0.25) is 11.8 Å². The van der Waals surface area contributed by atoms with E-state index in [1.807, 2.05) is 0 Å². The van der Waals surface area contributed by atoms with Crippen LogP contribution in [0.5, 0.6) is 0 Å². The molecule has 1 aliphatic carbocycles. The molecular weight excluding hydrogens is 321 g/mol. The summed E-state index contributed by atoms with van der Waals surface area (Å²) >= 11 is 0. The molecule has 0 aliphatic heterocycles. The Kier molecular flexibility index (Phi) is 8.56. The third-order valence-electron chi connectivity index (χ3n) is 3.67. The van der Waals surface area contributed by atoms with E-state index >= 15 is 0 Å². The lowest BCUT2D eigenvalue weighted by Crippen LogP contribution is -2.49. The van der Waals surface area contributed by atoms with Crippen LogP contribution in [0.2, 0.25) is 0 Å². The smallest absolute Gasteiger partial charge is 0.239 e. The number of primary amides is 1. The predicted octanol–water partition coefficient (Wildman–Crippen LogP) is 1.97. The van der Waals surface area contributed by atoms with Crippen LogP contribution in [0, 0.1) is 5.82 Å². The maximum Gasteiger partial charge on any atom is 0.239 e. The second-order valence-electron chi connectivity index (χ2n) is 6.00. The molecule has 0 heterocycles. The van der Waals surface area contributed by atoms with E-state index in [-0.39, 0.29) is 12.2 Å². The molecule has 2 unspecified atom stereocenters. The predicted molar refractivity (Wildman–Crippen MR) is 97.0 cm³/mol. The summed E-state index contributed by atoms with van der Waals surface area (Å²) in [5, 5.41) is 2.40. The number of allylic oxidation sites excluding steroid dienone is 4. The molecule has 25 heavy (non-hydrogen) atoms. The van der Waals surface area contributed by atoms with Gasteiger partial charge in [0, 0.05) is 0 Å². The van der Waals surface area contributed by atoms with Crippen molar-refractivity contribution in [3.63, 3.8) is 0 Å². The van der Waals surface area contributed by atoms with Crippen LogP contribution < -0.4 is 16.8 Å². The Morgan fingerprint density at radius 1 is 1.24 bits per heavy atom. The van der Waals surface area contributed by atoms with Gasteiger partial charge in [-0.15, -0.1) is 0 Å². The average Bonchev–Trinajstić information content (AvgIpc) is 2.58. The molecule has 6 heteroatoms. The normalized spacial score (nSPS) is 15.3. The van der Waals surface area contributed by atoms with Crippen LogP contribution in [0.25, 0.3) is 0 Å². The van der Waals surface area contributed by atoms with Crippen molar-refractivity contribution >= 4 is 11.8 Å². The maximum absolute atomic E-state index is 12.7. The number of nitrogens with two attached hydrogens (primary N) is 2. The Bertz CT molecular complexity index is 639. The Morgan fingerprint density at radius 2 is 1.88 bits per heavy atom. The van der Waals surface area contributed by atoms with Crippen LogP contribution in [-0.2, 0) is 16.0 Å². The van der Waals surface area contributed by atoms with Crippen LogP contribution in [0.4, 0.5) is 4.39 Å². The van der Waals surface area contributed by atoms with Crippen molar-refractivity contribution < 1.29 is 14.0 Å². The zero-order chi connectivity index (χ0) is 18.8. The van der Waals surface area contributed by atoms with Crippen molar-refractivity contribution in [3.05, 3.63) is 59.4 Å². The van der Waals surface area contributed by atoms with E-state index in [1.165, 1.54) is 37.5 Å². The number of rotatable bonds is 5. The van der Waals surface area contributed by atoms with Gasteiger partial charge in [-0.05, 0) is 50.8 Å². The maximum atomic E-state index is 12.7. The summed E-state index contributed by atoms with van der Waals surface area (Å²) in [5.41, 5.74) is 12.8. The van der Waals surface area contributed by atoms with Gasteiger partial charge < -0.3 is 16.8 Å². The molecule has 5 nitrogen and oxygen atoms in total. The van der Waals surface area contributed by atoms with Gasteiger partial charge >= 0.3 is 0 Å². The Balaban J connectivity index is 0.000000370. The number of hydrogen-bond acceptors (Lipinski definition) is 3. The number of carbonyl (C=O) groups excluding carboxylic acids is 2. The van der Waals surface area contributed by atoms with Gasteiger partial charge in [0.15, 0.2) is 0 Å². The van der Waals surface area contributed by atoms with Gasteiger partial charge in [-0.3, -0.25) is 9.59 Å². The minimum absolute atomic E-state index is 0.262. The quantitative estimate of drug-likeness (QED) is 0.759. The van der Waals surface area contributed by atoms with Crippen LogP contribution in [0.1, 0.15) is 32.3 Å². The molecule has 1 aromatic rings. The SMILES string of the molecule is CC(NC(=O)C(N)Cc1ccc(F)cc1)C(N)=O.CC1=CCCC=C1. The van der Waals surface area contributed by atoms with Gasteiger partial charge in [-0.1, -0.05) is 35.9 Å². The Labute approximate surface area is 148 Å². The third-order valence-corrected chi connectivity index (χ3v) is 3.67. The molecule has 0 saturated carbocycles. The molecule has 1 aromatic carbocycles. The summed E-state index contributed by atoms with van der Waals surface area (Å²) in [4.78, 5) is 22.4. The molecule has 2 rings (SSSR count). The molecule has 2 atom stereocenters. The van der Waals surface area contributed by atoms with Gasteiger partial charge in [0.25, 0.3) is 0 Å². The van der Waals surface area contributed by atoms with Crippen molar-refractivity contribution in [2.75, 3.05) is 0 Å². The fraction of sp³-hybridized carbons (Fsp3) is 0.368. The first-order chi connectivity index (χ1) is 11.8. The molecule has 1 aliphatic rings. The van der Waals surface area contributed by atoms with E-state index in [4.69, 9.17) is 11.5 Å². The standard InChI is InChI=1S/C12H16FN3O2.C7H10/c1-7(11(15)17)16-12(18)10(14)6-8-2-4-9(13)5-3-8;1-7-5-3-2-4-6-7/h2-5,7,10H,6,14H2,1H3,(H2,15,17)(H,16,18);3,5-6H,2,4H2,1H3. The highest BCUT2D eigenvalue weighted by Gasteiger charge is 2.18. The van der Waals surface area contributed by atoms with Crippen LogP contribution in [0.3, 0.4) is 0 Å². The van der Waals surface area contributed by atoms with Gasteiger partial charge in [-0.25, -0.2) is 4.39 Å². The summed E-state index contributed by atoms with van der Waals surface area (Å²) in [7, 11) is 0. The topological polar surface area (TPSA) is 98.2 Å². The van der Waals surface area contributed by atoms with Gasteiger partial charge in [0.1, 0.15) is 11.9 Å². The zero-order valence-electron chi connectivity index (χ0n) is 14.7. The van der Waals surface area contributed by atoms with E-state index in [1.54, 1.807) is 12.1 Å². The van der Waals surface area contributed by atoms with E-state index < -0.39 is 23.9 Å². The molecule has 0 saturated heterocycles. The fourth-order valence-electron chi connectivity index (χ4n) is 2.10. The highest BCUT2D eigenvalue weighted by Crippen LogP contribution is 2.07. The van der Waals surface area contributed by atoms with Gasteiger partial charge in [-0.2, -0.15) is 0 Å². The van der Waals surface area contributed by atoms with Crippen molar-refractivity contribution in [1.82, 2.24) is 5.32 Å². The number of nitrogens with one attached hydrogen (secondary N) is 1. The first-order valence-electron chi connectivity index (χ1n) is 8.22. The minimum Gasteiger partial charge on any atom is -0.368 e.